The lowest BCUT2D eigenvalue weighted by molar-refractivity contribution is 0.0592. The Bertz CT molecular complexity index is 1430. The number of benzene rings is 1. The molecule has 10 heteroatoms. The van der Waals surface area contributed by atoms with Crippen molar-refractivity contribution in [3.05, 3.63) is 70.5 Å². The van der Waals surface area contributed by atoms with Crippen LogP contribution in [0.4, 0.5) is 0 Å². The standard InChI is InChI=1S/C24H23ClN6O3/c1-14-10-30(13-26-14)20-6-4-17(28-24(20)32-2)23-27-18(11-34-29-23)22-16-9-15(25)3-5-19(16)31-7-8-33-12-21(22)31/h3-6,9-10,13,18H,7-8,11-12H2,1-2H3,(H,27,29). The highest BCUT2D eigenvalue weighted by Gasteiger charge is 2.29. The van der Waals surface area contributed by atoms with Gasteiger partial charge in [0.2, 0.25) is 5.88 Å². The third kappa shape index (κ3) is 3.53. The van der Waals surface area contributed by atoms with Crippen LogP contribution in [0, 0.1) is 6.92 Å². The molecular formula is C24H23ClN6O3. The van der Waals surface area contributed by atoms with Crippen LogP contribution in [0.3, 0.4) is 0 Å². The molecule has 9 nitrogen and oxygen atoms in total. The van der Waals surface area contributed by atoms with Gasteiger partial charge in [-0.2, -0.15) is 0 Å². The van der Waals surface area contributed by atoms with Gasteiger partial charge in [-0.25, -0.2) is 15.4 Å². The molecule has 34 heavy (non-hydrogen) atoms. The molecule has 6 rings (SSSR count). The average molecular weight is 479 g/mol. The first-order chi connectivity index (χ1) is 16.6. The highest BCUT2D eigenvalue weighted by Crippen LogP contribution is 2.37. The van der Waals surface area contributed by atoms with Gasteiger partial charge in [0.15, 0.2) is 5.84 Å². The molecule has 4 aromatic rings. The summed E-state index contributed by atoms with van der Waals surface area (Å²) in [5.74, 6) is 1.00. The predicted octanol–water partition coefficient (Wildman–Crippen LogP) is 3.75. The monoisotopic (exact) mass is 478 g/mol. The molecule has 1 aromatic carbocycles. The summed E-state index contributed by atoms with van der Waals surface area (Å²) in [6.45, 7) is 4.32. The highest BCUT2D eigenvalue weighted by atomic mass is 35.5. The maximum atomic E-state index is 6.37. The molecule has 0 saturated carbocycles. The van der Waals surface area contributed by atoms with E-state index in [1.54, 1.807) is 13.4 Å². The number of fused-ring (bicyclic) bond motifs is 3. The number of ether oxygens (including phenoxy) is 2. The maximum absolute atomic E-state index is 6.37. The van der Waals surface area contributed by atoms with Gasteiger partial charge in [0.05, 0.1) is 38.0 Å². The molecule has 1 unspecified atom stereocenters. The number of hydrogen-bond donors (Lipinski definition) is 1. The van der Waals surface area contributed by atoms with Gasteiger partial charge >= 0.3 is 0 Å². The first-order valence-corrected chi connectivity index (χ1v) is 11.4. The number of aromatic nitrogens is 4. The summed E-state index contributed by atoms with van der Waals surface area (Å²) in [4.78, 5) is 19.7. The van der Waals surface area contributed by atoms with Crippen LogP contribution in [0.2, 0.25) is 5.02 Å². The molecule has 1 atom stereocenters. The SMILES string of the molecule is COc1nc(C2=NC(c3c4n(c5ccc(Cl)cc35)CCOC4)CON2)ccc1-n1cnc(C)c1. The van der Waals surface area contributed by atoms with Gasteiger partial charge in [0, 0.05) is 34.2 Å². The minimum absolute atomic E-state index is 0.237. The van der Waals surface area contributed by atoms with E-state index in [1.807, 2.05) is 42.0 Å². The predicted molar refractivity (Wildman–Crippen MR) is 128 cm³/mol. The molecule has 0 fully saturated rings. The van der Waals surface area contributed by atoms with Gasteiger partial charge in [-0.05, 0) is 37.3 Å². The van der Waals surface area contributed by atoms with E-state index < -0.39 is 0 Å². The van der Waals surface area contributed by atoms with Gasteiger partial charge in [0.25, 0.3) is 0 Å². The molecule has 0 radical (unpaired) electrons. The summed E-state index contributed by atoms with van der Waals surface area (Å²) in [6.07, 6.45) is 3.65. The smallest absolute Gasteiger partial charge is 0.238 e. The van der Waals surface area contributed by atoms with Crippen molar-refractivity contribution in [3.63, 3.8) is 0 Å². The van der Waals surface area contributed by atoms with Crippen molar-refractivity contribution in [1.82, 2.24) is 24.6 Å². The lowest BCUT2D eigenvalue weighted by Crippen LogP contribution is -2.33. The van der Waals surface area contributed by atoms with Crippen LogP contribution in [0.25, 0.3) is 16.6 Å². The second-order valence-electron chi connectivity index (χ2n) is 8.28. The van der Waals surface area contributed by atoms with Crippen LogP contribution in [0.5, 0.6) is 5.88 Å². The zero-order valence-corrected chi connectivity index (χ0v) is 19.5. The lowest BCUT2D eigenvalue weighted by Gasteiger charge is -2.24. The molecule has 0 saturated heterocycles. The Morgan fingerprint density at radius 2 is 2.15 bits per heavy atom. The van der Waals surface area contributed by atoms with E-state index >= 15 is 0 Å². The van der Waals surface area contributed by atoms with E-state index in [1.165, 1.54) is 0 Å². The Kier molecular flexibility index (Phi) is 5.24. The van der Waals surface area contributed by atoms with E-state index in [-0.39, 0.29) is 6.04 Å². The van der Waals surface area contributed by atoms with Crippen LogP contribution >= 0.6 is 11.6 Å². The van der Waals surface area contributed by atoms with E-state index in [2.05, 4.69) is 26.1 Å². The molecule has 2 aliphatic heterocycles. The molecular weight excluding hydrogens is 456 g/mol. The quantitative estimate of drug-likeness (QED) is 0.480. The number of nitrogens with zero attached hydrogens (tertiary/aromatic N) is 5. The molecule has 0 aliphatic carbocycles. The first kappa shape index (κ1) is 21.2. The third-order valence-electron chi connectivity index (χ3n) is 6.17. The van der Waals surface area contributed by atoms with Crippen molar-refractivity contribution < 1.29 is 14.3 Å². The molecule has 1 N–H and O–H groups in total. The number of amidine groups is 1. The summed E-state index contributed by atoms with van der Waals surface area (Å²) in [7, 11) is 1.60. The van der Waals surface area contributed by atoms with Crippen molar-refractivity contribution in [2.75, 3.05) is 20.3 Å². The van der Waals surface area contributed by atoms with Crippen LogP contribution in [-0.2, 0) is 22.7 Å². The largest absolute Gasteiger partial charge is 0.479 e. The Balaban J connectivity index is 1.43. The Labute approximate surface area is 200 Å². The summed E-state index contributed by atoms with van der Waals surface area (Å²) in [6, 6.07) is 9.56. The number of hydrogen-bond acceptors (Lipinski definition) is 7. The van der Waals surface area contributed by atoms with Gasteiger partial charge < -0.3 is 18.6 Å². The number of rotatable bonds is 4. The summed E-state index contributed by atoms with van der Waals surface area (Å²) >= 11 is 6.37. The van der Waals surface area contributed by atoms with E-state index in [4.69, 9.17) is 30.9 Å². The molecule has 3 aromatic heterocycles. The number of halogens is 1. The van der Waals surface area contributed by atoms with Crippen molar-refractivity contribution in [1.29, 1.82) is 0 Å². The second kappa shape index (κ2) is 8.43. The summed E-state index contributed by atoms with van der Waals surface area (Å²) < 4.78 is 15.5. The molecule has 0 bridgehead atoms. The minimum atomic E-state index is -0.237. The van der Waals surface area contributed by atoms with Crippen LogP contribution in [0.15, 0.2) is 47.8 Å². The average Bonchev–Trinajstić information content (AvgIpc) is 3.44. The highest BCUT2D eigenvalue weighted by molar-refractivity contribution is 6.31. The Morgan fingerprint density at radius 3 is 2.97 bits per heavy atom. The van der Waals surface area contributed by atoms with E-state index in [0.717, 1.165) is 40.1 Å². The molecule has 174 valence electrons. The fraction of sp³-hybridized carbons (Fsp3) is 0.292. The molecule has 0 amide bonds. The van der Waals surface area contributed by atoms with Crippen LogP contribution in [0.1, 0.15) is 28.7 Å². The zero-order valence-electron chi connectivity index (χ0n) is 18.8. The number of hydroxylamine groups is 1. The number of pyridine rings is 1. The number of nitrogens with one attached hydrogen (secondary N) is 1. The lowest BCUT2D eigenvalue weighted by atomic mass is 10.0. The third-order valence-corrected chi connectivity index (χ3v) is 6.40. The van der Waals surface area contributed by atoms with Crippen molar-refractivity contribution >= 4 is 28.3 Å². The maximum Gasteiger partial charge on any atom is 0.238 e. The summed E-state index contributed by atoms with van der Waals surface area (Å²) in [5, 5.41) is 1.76. The minimum Gasteiger partial charge on any atom is -0.479 e. The topological polar surface area (TPSA) is 87.7 Å². The summed E-state index contributed by atoms with van der Waals surface area (Å²) in [5.41, 5.74) is 8.57. The fourth-order valence-electron chi connectivity index (χ4n) is 4.65. The van der Waals surface area contributed by atoms with Gasteiger partial charge in [-0.15, -0.1) is 0 Å². The van der Waals surface area contributed by atoms with Gasteiger partial charge in [-0.3, -0.25) is 9.83 Å². The van der Waals surface area contributed by atoms with Gasteiger partial charge in [0.1, 0.15) is 24.0 Å². The fourth-order valence-corrected chi connectivity index (χ4v) is 4.82. The normalized spacial score (nSPS) is 17.9. The van der Waals surface area contributed by atoms with Crippen molar-refractivity contribution in [2.45, 2.75) is 26.1 Å². The molecule has 0 spiro atoms. The number of aliphatic imine (C=N–C) groups is 1. The Hall–Kier alpha value is -3.40. The first-order valence-electron chi connectivity index (χ1n) is 11.0. The number of imidazole rings is 1. The number of aryl methyl sites for hydroxylation is 1. The van der Waals surface area contributed by atoms with Gasteiger partial charge in [-0.1, -0.05) is 11.6 Å². The van der Waals surface area contributed by atoms with E-state index in [0.29, 0.717) is 42.3 Å². The Morgan fingerprint density at radius 1 is 1.24 bits per heavy atom. The molecule has 2 aliphatic rings. The van der Waals surface area contributed by atoms with Crippen LogP contribution < -0.4 is 10.2 Å². The van der Waals surface area contributed by atoms with Crippen molar-refractivity contribution in [2.24, 2.45) is 4.99 Å². The van der Waals surface area contributed by atoms with Crippen molar-refractivity contribution in [3.8, 4) is 11.6 Å². The second-order valence-corrected chi connectivity index (χ2v) is 8.72. The number of methoxy groups -OCH3 is 1. The van der Waals surface area contributed by atoms with E-state index in [9.17, 15) is 0 Å². The molecule has 5 heterocycles. The van der Waals surface area contributed by atoms with Crippen LogP contribution in [-0.4, -0.2) is 45.3 Å². The zero-order chi connectivity index (χ0) is 23.2.